The van der Waals surface area contributed by atoms with Gasteiger partial charge in [0.1, 0.15) is 22.8 Å². The molecule has 0 saturated carbocycles. The van der Waals surface area contributed by atoms with Crippen LogP contribution in [-0.2, 0) is 14.6 Å². The van der Waals surface area contributed by atoms with Crippen LogP contribution in [0.5, 0.6) is 0 Å². The Bertz CT molecular complexity index is 1070. The lowest BCUT2D eigenvalue weighted by molar-refractivity contribution is -0.130. The van der Waals surface area contributed by atoms with E-state index in [9.17, 15) is 17.6 Å². The third-order valence-electron chi connectivity index (χ3n) is 5.77. The maximum absolute atomic E-state index is 14.4. The van der Waals surface area contributed by atoms with Gasteiger partial charge in [0, 0.05) is 31.9 Å². The predicted octanol–water partition coefficient (Wildman–Crippen LogP) is 2.35. The molecule has 1 atom stereocenters. The van der Waals surface area contributed by atoms with Gasteiger partial charge in [0.15, 0.2) is 9.84 Å². The number of hydrogen-bond acceptors (Lipinski definition) is 7. The highest BCUT2D eigenvalue weighted by molar-refractivity contribution is 7.90. The second-order valence-corrected chi connectivity index (χ2v) is 10.2. The number of carbonyl (C=O) groups excluding carboxylic acids is 1. The smallest absolute Gasteiger partial charge is 0.245 e. The molecule has 3 heterocycles. The zero-order chi connectivity index (χ0) is 22.2. The number of halogens is 2. The minimum atomic E-state index is -3.49. The molecule has 166 valence electrons. The molecule has 2 aromatic rings. The Morgan fingerprint density at radius 2 is 1.87 bits per heavy atom. The van der Waals surface area contributed by atoms with Crippen LogP contribution in [0, 0.1) is 5.82 Å². The van der Waals surface area contributed by atoms with Crippen LogP contribution < -0.4 is 10.2 Å². The van der Waals surface area contributed by atoms with Crippen molar-refractivity contribution >= 4 is 38.9 Å². The van der Waals surface area contributed by atoms with Crippen LogP contribution in [0.1, 0.15) is 19.3 Å². The van der Waals surface area contributed by atoms with E-state index in [1.54, 1.807) is 6.20 Å². The van der Waals surface area contributed by atoms with Gasteiger partial charge in [-0.2, -0.15) is 0 Å². The van der Waals surface area contributed by atoms with Gasteiger partial charge in [0.05, 0.1) is 23.0 Å². The van der Waals surface area contributed by atoms with Crippen LogP contribution in [0.4, 0.5) is 15.9 Å². The summed E-state index contributed by atoms with van der Waals surface area (Å²) in [4.78, 5) is 25.2. The van der Waals surface area contributed by atoms with E-state index in [0.717, 1.165) is 44.1 Å². The first-order valence-corrected chi connectivity index (χ1v) is 12.3. The van der Waals surface area contributed by atoms with Gasteiger partial charge in [-0.25, -0.2) is 22.8 Å². The van der Waals surface area contributed by atoms with Crippen molar-refractivity contribution < 1.29 is 17.6 Å². The number of nitrogens with one attached hydrogen (secondary N) is 1. The average molecular weight is 468 g/mol. The maximum atomic E-state index is 14.4. The number of nitrogens with zero attached hydrogens (tertiary/aromatic N) is 4. The van der Waals surface area contributed by atoms with Crippen LogP contribution in [-0.4, -0.2) is 67.2 Å². The van der Waals surface area contributed by atoms with Crippen molar-refractivity contribution in [3.05, 3.63) is 41.6 Å². The second-order valence-electron chi connectivity index (χ2n) is 7.85. The fraction of sp³-hybridized carbons (Fsp3) is 0.450. The molecule has 0 radical (unpaired) electrons. The van der Waals surface area contributed by atoms with E-state index < -0.39 is 21.7 Å². The Balaban J connectivity index is 1.36. The molecule has 1 amide bonds. The Labute approximate surface area is 185 Å². The Morgan fingerprint density at radius 3 is 2.48 bits per heavy atom. The fourth-order valence-corrected chi connectivity index (χ4v) is 4.84. The third-order valence-corrected chi connectivity index (χ3v) is 7.08. The standard InChI is InChI=1S/C20H23ClFN5O3S/c1-31(29,30)14-2-3-16(15(22)10-14)25-17-6-9-27(20(17)28)13-4-7-26(8-5-13)19-12-23-18(21)11-24-19/h2-3,10-13,17,25H,4-9H2,1H3. The summed E-state index contributed by atoms with van der Waals surface area (Å²) in [6, 6.07) is 3.28. The van der Waals surface area contributed by atoms with Gasteiger partial charge in [-0.05, 0) is 37.5 Å². The zero-order valence-electron chi connectivity index (χ0n) is 17.0. The van der Waals surface area contributed by atoms with Crippen molar-refractivity contribution in [3.63, 3.8) is 0 Å². The molecule has 2 aliphatic rings. The van der Waals surface area contributed by atoms with Crippen molar-refractivity contribution in [2.75, 3.05) is 36.1 Å². The summed E-state index contributed by atoms with van der Waals surface area (Å²) in [7, 11) is -3.49. The lowest BCUT2D eigenvalue weighted by Gasteiger charge is -2.37. The fourth-order valence-electron chi connectivity index (χ4n) is 4.11. The monoisotopic (exact) mass is 467 g/mol. The predicted molar refractivity (Wildman–Crippen MR) is 116 cm³/mol. The van der Waals surface area contributed by atoms with Crippen molar-refractivity contribution in [1.82, 2.24) is 14.9 Å². The Hall–Kier alpha value is -2.46. The lowest BCUT2D eigenvalue weighted by Crippen LogP contribution is -2.47. The van der Waals surface area contributed by atoms with Crippen molar-refractivity contribution in [2.45, 2.75) is 36.2 Å². The number of aromatic nitrogens is 2. The van der Waals surface area contributed by atoms with E-state index in [1.807, 2.05) is 4.90 Å². The van der Waals surface area contributed by atoms with Crippen molar-refractivity contribution in [2.24, 2.45) is 0 Å². The summed E-state index contributed by atoms with van der Waals surface area (Å²) < 4.78 is 37.5. The van der Waals surface area contributed by atoms with E-state index in [4.69, 9.17) is 11.6 Å². The summed E-state index contributed by atoms with van der Waals surface area (Å²) in [5, 5.41) is 3.29. The summed E-state index contributed by atoms with van der Waals surface area (Å²) in [6.45, 7) is 2.11. The minimum Gasteiger partial charge on any atom is -0.371 e. The molecular weight excluding hydrogens is 445 g/mol. The molecule has 2 fully saturated rings. The molecule has 11 heteroatoms. The van der Waals surface area contributed by atoms with Crippen LogP contribution in [0.15, 0.2) is 35.5 Å². The number of sulfone groups is 1. The number of amides is 1. The second kappa shape index (κ2) is 8.58. The first-order chi connectivity index (χ1) is 14.7. The van der Waals surface area contributed by atoms with Gasteiger partial charge in [-0.3, -0.25) is 4.79 Å². The SMILES string of the molecule is CS(=O)(=O)c1ccc(NC2CCN(C3CCN(c4cnc(Cl)cn4)CC3)C2=O)c(F)c1. The van der Waals surface area contributed by atoms with Crippen LogP contribution in [0.25, 0.3) is 0 Å². The molecule has 2 aliphatic heterocycles. The highest BCUT2D eigenvalue weighted by atomic mass is 35.5. The summed E-state index contributed by atoms with van der Waals surface area (Å²) in [5.41, 5.74) is 0.128. The number of rotatable bonds is 5. The minimum absolute atomic E-state index is 0.0590. The maximum Gasteiger partial charge on any atom is 0.245 e. The molecule has 8 nitrogen and oxygen atoms in total. The van der Waals surface area contributed by atoms with Crippen LogP contribution >= 0.6 is 11.6 Å². The lowest BCUT2D eigenvalue weighted by atomic mass is 10.0. The molecule has 1 aromatic heterocycles. The quantitative estimate of drug-likeness (QED) is 0.721. The van der Waals surface area contributed by atoms with Crippen LogP contribution in [0.3, 0.4) is 0 Å². The highest BCUT2D eigenvalue weighted by Crippen LogP contribution is 2.27. The molecule has 4 rings (SSSR count). The number of anilines is 2. The van der Waals surface area contributed by atoms with E-state index in [2.05, 4.69) is 20.2 Å². The largest absolute Gasteiger partial charge is 0.371 e. The third kappa shape index (κ3) is 4.74. The van der Waals surface area contributed by atoms with Gasteiger partial charge in [0.2, 0.25) is 5.91 Å². The van der Waals surface area contributed by atoms with E-state index in [-0.39, 0.29) is 22.5 Å². The topological polar surface area (TPSA) is 95.5 Å². The van der Waals surface area contributed by atoms with Gasteiger partial charge < -0.3 is 15.1 Å². The average Bonchev–Trinajstić information content (AvgIpc) is 3.10. The van der Waals surface area contributed by atoms with E-state index in [0.29, 0.717) is 18.1 Å². The number of carbonyl (C=O) groups is 1. The van der Waals surface area contributed by atoms with Gasteiger partial charge in [-0.1, -0.05) is 11.6 Å². The Kier molecular flexibility index (Phi) is 6.02. The number of piperidine rings is 1. The number of benzene rings is 1. The molecule has 0 bridgehead atoms. The Morgan fingerprint density at radius 1 is 1.13 bits per heavy atom. The first kappa shape index (κ1) is 21.8. The van der Waals surface area contributed by atoms with Crippen molar-refractivity contribution in [1.29, 1.82) is 0 Å². The summed E-state index contributed by atoms with van der Waals surface area (Å²) in [6.07, 6.45) is 6.37. The van der Waals surface area contributed by atoms with Gasteiger partial charge in [-0.15, -0.1) is 0 Å². The zero-order valence-corrected chi connectivity index (χ0v) is 18.5. The molecule has 2 saturated heterocycles. The molecule has 0 spiro atoms. The molecule has 0 aliphatic carbocycles. The molecule has 1 unspecified atom stereocenters. The van der Waals surface area contributed by atoms with E-state index >= 15 is 0 Å². The first-order valence-electron chi connectivity index (χ1n) is 10.0. The number of likely N-dealkylation sites (tertiary alicyclic amines) is 1. The van der Waals surface area contributed by atoms with Gasteiger partial charge >= 0.3 is 0 Å². The normalized spacial score (nSPS) is 20.4. The van der Waals surface area contributed by atoms with Crippen LogP contribution in [0.2, 0.25) is 5.15 Å². The van der Waals surface area contributed by atoms with Crippen molar-refractivity contribution in [3.8, 4) is 0 Å². The van der Waals surface area contributed by atoms with Gasteiger partial charge in [0.25, 0.3) is 0 Å². The molecular formula is C20H23ClFN5O3S. The molecule has 1 N–H and O–H groups in total. The molecule has 1 aromatic carbocycles. The molecule has 31 heavy (non-hydrogen) atoms. The summed E-state index contributed by atoms with van der Waals surface area (Å²) in [5.74, 6) is 0.0195. The van der Waals surface area contributed by atoms with E-state index in [1.165, 1.54) is 18.3 Å². The number of hydrogen-bond donors (Lipinski definition) is 1. The highest BCUT2D eigenvalue weighted by Gasteiger charge is 2.37. The summed E-state index contributed by atoms with van der Waals surface area (Å²) >= 11 is 5.79.